The number of sulfone groups is 1. The molecule has 0 bridgehead atoms. The third-order valence-electron chi connectivity index (χ3n) is 6.95. The van der Waals surface area contributed by atoms with Gasteiger partial charge in [0.25, 0.3) is 5.60 Å². The Balaban J connectivity index is 1.79. The molecule has 0 unspecified atom stereocenters. The van der Waals surface area contributed by atoms with E-state index in [-0.39, 0.29) is 16.0 Å². The van der Waals surface area contributed by atoms with Crippen LogP contribution in [0.15, 0.2) is 83.8 Å². The van der Waals surface area contributed by atoms with Gasteiger partial charge in [-0.2, -0.15) is 26.3 Å². The number of primary amides is 1. The van der Waals surface area contributed by atoms with Crippen molar-refractivity contribution in [3.63, 3.8) is 0 Å². The molecule has 0 aromatic heterocycles. The maximum atomic E-state index is 14.3. The van der Waals surface area contributed by atoms with E-state index in [0.29, 0.717) is 12.1 Å². The van der Waals surface area contributed by atoms with E-state index in [1.54, 1.807) is 0 Å². The highest BCUT2D eigenvalue weighted by molar-refractivity contribution is 7.92. The van der Waals surface area contributed by atoms with Gasteiger partial charge in [0.05, 0.1) is 11.5 Å². The van der Waals surface area contributed by atoms with Gasteiger partial charge in [0.2, 0.25) is 0 Å². The Morgan fingerprint density at radius 1 is 0.854 bits per heavy atom. The van der Waals surface area contributed by atoms with Crippen molar-refractivity contribution in [3.8, 4) is 0 Å². The summed E-state index contributed by atoms with van der Waals surface area (Å²) in [5.74, 6) is -0.739. The van der Waals surface area contributed by atoms with Crippen molar-refractivity contribution in [3.05, 3.63) is 101 Å². The van der Waals surface area contributed by atoms with Gasteiger partial charge in [-0.05, 0) is 35.4 Å². The Bertz CT molecular complexity index is 1470. The first-order valence-corrected chi connectivity index (χ1v) is 13.4. The second-order valence-electron chi connectivity index (χ2n) is 9.45. The van der Waals surface area contributed by atoms with E-state index in [9.17, 15) is 43.9 Å². The van der Waals surface area contributed by atoms with Crippen molar-refractivity contribution >= 4 is 15.9 Å². The molecular weight excluding hydrogens is 583 g/mol. The van der Waals surface area contributed by atoms with Crippen LogP contribution in [0.2, 0.25) is 0 Å². The van der Waals surface area contributed by atoms with Crippen molar-refractivity contribution < 1.29 is 53.4 Å². The molecule has 1 fully saturated rings. The molecule has 6 nitrogen and oxygen atoms in total. The Morgan fingerprint density at radius 3 is 1.88 bits per heavy atom. The van der Waals surface area contributed by atoms with E-state index >= 15 is 0 Å². The zero-order valence-electron chi connectivity index (χ0n) is 20.9. The Labute approximate surface area is 229 Å². The molecule has 0 saturated heterocycles. The van der Waals surface area contributed by atoms with Crippen LogP contribution in [0.3, 0.4) is 0 Å². The minimum atomic E-state index is -5.96. The van der Waals surface area contributed by atoms with Crippen LogP contribution in [0, 0.1) is 5.82 Å². The quantitative estimate of drug-likeness (QED) is 0.241. The molecule has 1 aliphatic carbocycles. The number of halogens is 7. The summed E-state index contributed by atoms with van der Waals surface area (Å²) < 4.78 is 134. The fourth-order valence-corrected chi connectivity index (χ4v) is 7.09. The standard InChI is InChI=1S/C27H22F7NO5S/c28-20-10-12-22(13-11-20)41(37,38)24(14-21(15-24)40-23(35)36)18-6-8-19(9-7-18)25(26(29,30)31,27(32,33)34)39-16-17-4-2-1-3-5-17/h1-13,21H,14-16H2,(H2,35,36). The van der Waals surface area contributed by atoms with Crippen molar-refractivity contribution in [1.82, 2.24) is 0 Å². The summed E-state index contributed by atoms with van der Waals surface area (Å²) in [5.41, 5.74) is -1.17. The van der Waals surface area contributed by atoms with Crippen molar-refractivity contribution in [1.29, 1.82) is 0 Å². The van der Waals surface area contributed by atoms with Crippen LogP contribution < -0.4 is 5.73 Å². The van der Waals surface area contributed by atoms with Crippen LogP contribution in [0.1, 0.15) is 29.5 Å². The molecule has 0 aliphatic heterocycles. The van der Waals surface area contributed by atoms with Crippen LogP contribution >= 0.6 is 0 Å². The van der Waals surface area contributed by atoms with E-state index in [2.05, 4.69) is 4.74 Å². The van der Waals surface area contributed by atoms with Gasteiger partial charge in [0.15, 0.2) is 9.84 Å². The van der Waals surface area contributed by atoms with E-state index < -0.39 is 75.6 Å². The summed E-state index contributed by atoms with van der Waals surface area (Å²) >= 11 is 0. The lowest BCUT2D eigenvalue weighted by molar-refractivity contribution is -0.392. The van der Waals surface area contributed by atoms with Gasteiger partial charge < -0.3 is 15.2 Å². The van der Waals surface area contributed by atoms with Crippen LogP contribution in [0.25, 0.3) is 0 Å². The molecule has 0 heterocycles. The maximum Gasteiger partial charge on any atom is 0.430 e. The number of carbonyl (C=O) groups is 1. The Morgan fingerprint density at radius 2 is 1.39 bits per heavy atom. The smallest absolute Gasteiger partial charge is 0.430 e. The zero-order chi connectivity index (χ0) is 30.3. The van der Waals surface area contributed by atoms with Crippen LogP contribution in [-0.2, 0) is 36.3 Å². The average molecular weight is 606 g/mol. The van der Waals surface area contributed by atoms with Gasteiger partial charge >= 0.3 is 18.4 Å². The van der Waals surface area contributed by atoms with Gasteiger partial charge in [0.1, 0.15) is 16.7 Å². The molecule has 2 N–H and O–H groups in total. The maximum absolute atomic E-state index is 14.3. The third-order valence-corrected chi connectivity index (χ3v) is 9.44. The highest BCUT2D eigenvalue weighted by Crippen LogP contribution is 2.55. The first-order valence-electron chi connectivity index (χ1n) is 11.9. The highest BCUT2D eigenvalue weighted by atomic mass is 32.2. The van der Waals surface area contributed by atoms with Crippen molar-refractivity contribution in [2.45, 2.75) is 53.1 Å². The summed E-state index contributed by atoms with van der Waals surface area (Å²) in [6.45, 7) is -1.03. The third kappa shape index (κ3) is 5.37. The van der Waals surface area contributed by atoms with Crippen molar-refractivity contribution in [2.75, 3.05) is 0 Å². The van der Waals surface area contributed by atoms with E-state index in [4.69, 9.17) is 10.5 Å². The monoisotopic (exact) mass is 605 g/mol. The summed E-state index contributed by atoms with van der Waals surface area (Å²) in [5, 5.41) is 0. The lowest BCUT2D eigenvalue weighted by atomic mass is 9.75. The largest absolute Gasteiger partial charge is 0.446 e. The lowest BCUT2D eigenvalue weighted by Crippen LogP contribution is -2.56. The summed E-state index contributed by atoms with van der Waals surface area (Å²) in [6.07, 6.45) is -14.9. The first kappa shape index (κ1) is 30.3. The Kier molecular flexibility index (Phi) is 7.86. The average Bonchev–Trinajstić information content (AvgIpc) is 2.86. The van der Waals surface area contributed by atoms with Gasteiger partial charge in [-0.1, -0.05) is 54.6 Å². The molecule has 3 aromatic carbocycles. The number of benzene rings is 3. The minimum Gasteiger partial charge on any atom is -0.446 e. The van der Waals surface area contributed by atoms with Gasteiger partial charge in [-0.3, -0.25) is 0 Å². The second-order valence-corrected chi connectivity index (χ2v) is 11.7. The van der Waals surface area contributed by atoms with Crippen LogP contribution in [0.5, 0.6) is 0 Å². The van der Waals surface area contributed by atoms with E-state index in [1.165, 1.54) is 30.3 Å². The van der Waals surface area contributed by atoms with Gasteiger partial charge in [0, 0.05) is 18.4 Å². The number of amides is 1. The predicted octanol–water partition coefficient (Wildman–Crippen LogP) is 6.29. The lowest BCUT2D eigenvalue weighted by Gasteiger charge is -2.46. The predicted molar refractivity (Wildman–Crippen MR) is 130 cm³/mol. The molecule has 4 rings (SSSR count). The van der Waals surface area contributed by atoms with Crippen LogP contribution in [0.4, 0.5) is 35.5 Å². The summed E-state index contributed by atoms with van der Waals surface area (Å²) in [4.78, 5) is 10.8. The molecule has 0 spiro atoms. The second kappa shape index (κ2) is 10.6. The molecule has 41 heavy (non-hydrogen) atoms. The number of nitrogens with two attached hydrogens (primary N) is 1. The Hall–Kier alpha value is -3.65. The molecule has 1 saturated carbocycles. The molecule has 0 radical (unpaired) electrons. The molecule has 1 aliphatic rings. The first-order chi connectivity index (χ1) is 19.0. The summed E-state index contributed by atoms with van der Waals surface area (Å²) in [6, 6.07) is 13.3. The van der Waals surface area contributed by atoms with Crippen molar-refractivity contribution in [2.24, 2.45) is 5.73 Å². The fourth-order valence-electron chi connectivity index (χ4n) is 4.88. The normalized spacial score (nSPS) is 19.8. The minimum absolute atomic E-state index is 0.0568. The number of hydrogen-bond acceptors (Lipinski definition) is 5. The summed E-state index contributed by atoms with van der Waals surface area (Å²) in [7, 11) is -4.43. The molecule has 1 amide bonds. The molecular formula is C27H22F7NO5S. The molecule has 220 valence electrons. The molecule has 14 heteroatoms. The van der Waals surface area contributed by atoms with E-state index in [0.717, 1.165) is 36.4 Å². The number of alkyl halides is 6. The highest BCUT2D eigenvalue weighted by Gasteiger charge is 2.73. The SMILES string of the molecule is NC(=O)OC1CC(c2ccc(C(OCc3ccccc3)(C(F)(F)F)C(F)(F)F)cc2)(S(=O)(=O)c2ccc(F)cc2)C1. The van der Waals surface area contributed by atoms with Crippen LogP contribution in [-0.4, -0.2) is 33.0 Å². The fraction of sp³-hybridized carbons (Fsp3) is 0.296. The number of hydrogen-bond donors (Lipinski definition) is 1. The number of rotatable bonds is 8. The van der Waals surface area contributed by atoms with Gasteiger partial charge in [-0.25, -0.2) is 17.6 Å². The topological polar surface area (TPSA) is 95.7 Å². The zero-order valence-corrected chi connectivity index (χ0v) is 21.7. The van der Waals surface area contributed by atoms with E-state index in [1.807, 2.05) is 0 Å². The number of ether oxygens (including phenoxy) is 2. The number of carbonyl (C=O) groups excluding carboxylic acids is 1. The molecule has 3 aromatic rings. The van der Waals surface area contributed by atoms with Gasteiger partial charge in [-0.15, -0.1) is 0 Å². The molecule has 0 atom stereocenters.